The third-order valence-electron chi connectivity index (χ3n) is 2.47. The van der Waals surface area contributed by atoms with Crippen LogP contribution in [0.25, 0.3) is 0 Å². The lowest BCUT2D eigenvalue weighted by atomic mass is 10.3. The normalized spacial score (nSPS) is 11.2. The predicted octanol–water partition coefficient (Wildman–Crippen LogP) is 2.72. The summed E-state index contributed by atoms with van der Waals surface area (Å²) in [4.78, 5) is 3.81. The topological polar surface area (TPSA) is 71.1 Å². The van der Waals surface area contributed by atoms with E-state index >= 15 is 0 Å². The highest BCUT2D eigenvalue weighted by atomic mass is 35.5. The first kappa shape index (κ1) is 14.5. The monoisotopic (exact) mass is 315 g/mol. The highest BCUT2D eigenvalue weighted by Gasteiger charge is 2.20. The average molecular weight is 316 g/mol. The third kappa shape index (κ3) is 3.00. The molecule has 0 atom stereocenters. The molecule has 2 N–H and O–H groups in total. The number of halogens is 2. The number of nitrogens with zero attached hydrogens (tertiary/aromatic N) is 1. The zero-order valence-electron chi connectivity index (χ0n) is 10.4. The lowest BCUT2D eigenvalue weighted by molar-refractivity contribution is 0.598. The second-order valence-electron chi connectivity index (χ2n) is 3.83. The lowest BCUT2D eigenvalue weighted by Crippen LogP contribution is -2.16. The van der Waals surface area contributed by atoms with E-state index < -0.39 is 15.8 Å². The van der Waals surface area contributed by atoms with E-state index in [0.717, 1.165) is 6.07 Å². The Morgan fingerprint density at radius 3 is 2.75 bits per heavy atom. The predicted molar refractivity (Wildman–Crippen MR) is 76.0 cm³/mol. The fourth-order valence-corrected chi connectivity index (χ4v) is 2.97. The molecule has 1 aromatic heterocycles. The van der Waals surface area contributed by atoms with Crippen molar-refractivity contribution in [2.24, 2.45) is 0 Å². The van der Waals surface area contributed by atoms with Crippen LogP contribution in [0, 0.1) is 5.82 Å². The molecule has 1 aromatic carbocycles. The quantitative estimate of drug-likeness (QED) is 0.910. The van der Waals surface area contributed by atoms with Crippen LogP contribution >= 0.6 is 11.6 Å². The third-order valence-corrected chi connectivity index (χ3v) is 4.10. The molecule has 0 unspecified atom stereocenters. The van der Waals surface area contributed by atoms with E-state index in [1.54, 1.807) is 7.05 Å². The molecule has 0 fully saturated rings. The Bertz CT molecular complexity index is 737. The van der Waals surface area contributed by atoms with E-state index in [2.05, 4.69) is 15.0 Å². The van der Waals surface area contributed by atoms with E-state index in [0.29, 0.717) is 0 Å². The zero-order chi connectivity index (χ0) is 14.8. The first-order valence-corrected chi connectivity index (χ1v) is 7.41. The molecule has 0 spiro atoms. The van der Waals surface area contributed by atoms with Crippen molar-refractivity contribution in [3.63, 3.8) is 0 Å². The fraction of sp³-hybridized carbons (Fsp3) is 0.0833. The van der Waals surface area contributed by atoms with Gasteiger partial charge in [-0.25, -0.2) is 17.8 Å². The molecule has 0 saturated carbocycles. The summed E-state index contributed by atoms with van der Waals surface area (Å²) in [6, 6.07) is 6.46. The van der Waals surface area contributed by atoms with Crippen molar-refractivity contribution in [1.82, 2.24) is 4.98 Å². The summed E-state index contributed by atoms with van der Waals surface area (Å²) >= 11 is 5.72. The van der Waals surface area contributed by atoms with Crippen LogP contribution in [0.2, 0.25) is 5.02 Å². The minimum absolute atomic E-state index is 0.0816. The first-order valence-electron chi connectivity index (χ1n) is 5.54. The van der Waals surface area contributed by atoms with Gasteiger partial charge in [-0.1, -0.05) is 11.6 Å². The highest BCUT2D eigenvalue weighted by Crippen LogP contribution is 2.25. The Labute approximate surface area is 120 Å². The summed E-state index contributed by atoms with van der Waals surface area (Å²) in [7, 11) is -2.43. The van der Waals surface area contributed by atoms with Crippen molar-refractivity contribution in [1.29, 1.82) is 0 Å². The standard InChI is InChI=1S/C12H11ClFN3O2S/c1-15-12-11(3-2-6-16-12)20(18,19)17-10-7-8(13)4-5-9(10)14/h2-7,17H,1H3,(H,15,16). The van der Waals surface area contributed by atoms with Gasteiger partial charge in [0.25, 0.3) is 10.0 Å². The van der Waals surface area contributed by atoms with E-state index in [-0.39, 0.29) is 21.4 Å². The maximum Gasteiger partial charge on any atom is 0.265 e. The molecule has 0 amide bonds. The number of hydrogen-bond acceptors (Lipinski definition) is 4. The van der Waals surface area contributed by atoms with E-state index in [1.165, 1.54) is 30.5 Å². The molecule has 8 heteroatoms. The van der Waals surface area contributed by atoms with Gasteiger partial charge < -0.3 is 5.32 Å². The molecule has 0 radical (unpaired) electrons. The number of anilines is 2. The first-order chi connectivity index (χ1) is 9.44. The van der Waals surface area contributed by atoms with Gasteiger partial charge in [-0.15, -0.1) is 0 Å². The van der Waals surface area contributed by atoms with Crippen molar-refractivity contribution in [3.05, 3.63) is 47.4 Å². The molecule has 5 nitrogen and oxygen atoms in total. The molecule has 2 rings (SSSR count). The highest BCUT2D eigenvalue weighted by molar-refractivity contribution is 7.92. The number of sulfonamides is 1. The average Bonchev–Trinajstić information content (AvgIpc) is 2.42. The smallest absolute Gasteiger partial charge is 0.265 e. The Morgan fingerprint density at radius 1 is 1.30 bits per heavy atom. The number of benzene rings is 1. The van der Waals surface area contributed by atoms with E-state index in [9.17, 15) is 12.8 Å². The number of hydrogen-bond donors (Lipinski definition) is 2. The molecule has 0 saturated heterocycles. The largest absolute Gasteiger partial charge is 0.372 e. The minimum atomic E-state index is -3.97. The van der Waals surface area contributed by atoms with E-state index in [4.69, 9.17) is 11.6 Å². The summed E-state index contributed by atoms with van der Waals surface area (Å²) in [6.45, 7) is 0. The second-order valence-corrected chi connectivity index (χ2v) is 5.92. The molecule has 0 aliphatic carbocycles. The summed E-state index contributed by atoms with van der Waals surface area (Å²) in [5.74, 6) is -0.546. The zero-order valence-corrected chi connectivity index (χ0v) is 12.0. The van der Waals surface area contributed by atoms with Gasteiger partial charge in [0.2, 0.25) is 0 Å². The van der Waals surface area contributed by atoms with Crippen LogP contribution in [0.5, 0.6) is 0 Å². The SMILES string of the molecule is CNc1ncccc1S(=O)(=O)Nc1cc(Cl)ccc1F. The Hall–Kier alpha value is -1.86. The maximum absolute atomic E-state index is 13.6. The molecular formula is C12H11ClFN3O2S. The Morgan fingerprint density at radius 2 is 2.05 bits per heavy atom. The maximum atomic E-state index is 13.6. The van der Waals surface area contributed by atoms with Crippen LogP contribution in [-0.4, -0.2) is 20.4 Å². The van der Waals surface area contributed by atoms with Gasteiger partial charge >= 0.3 is 0 Å². The minimum Gasteiger partial charge on any atom is -0.372 e. The van der Waals surface area contributed by atoms with Crippen molar-refractivity contribution < 1.29 is 12.8 Å². The summed E-state index contributed by atoms with van der Waals surface area (Å²) < 4.78 is 40.2. The van der Waals surface area contributed by atoms with Crippen molar-refractivity contribution in [3.8, 4) is 0 Å². The van der Waals surface area contributed by atoms with Gasteiger partial charge in [0.1, 0.15) is 16.5 Å². The van der Waals surface area contributed by atoms with Crippen molar-refractivity contribution in [2.45, 2.75) is 4.90 Å². The number of aromatic nitrogens is 1. The van der Waals surface area contributed by atoms with Gasteiger partial charge in [0, 0.05) is 18.3 Å². The molecule has 0 aliphatic rings. The van der Waals surface area contributed by atoms with Crippen LogP contribution in [0.4, 0.5) is 15.9 Å². The van der Waals surface area contributed by atoms with Crippen LogP contribution in [0.3, 0.4) is 0 Å². The second kappa shape index (κ2) is 5.64. The van der Waals surface area contributed by atoms with Gasteiger partial charge in [0.05, 0.1) is 5.69 Å². The number of nitrogens with one attached hydrogen (secondary N) is 2. The molecular weight excluding hydrogens is 305 g/mol. The van der Waals surface area contributed by atoms with Crippen LogP contribution in [0.1, 0.15) is 0 Å². The van der Waals surface area contributed by atoms with Crippen LogP contribution < -0.4 is 10.0 Å². The van der Waals surface area contributed by atoms with Crippen molar-refractivity contribution >= 4 is 33.1 Å². The molecule has 1 heterocycles. The Kier molecular flexibility index (Phi) is 4.10. The Balaban J connectivity index is 2.43. The van der Waals surface area contributed by atoms with Crippen molar-refractivity contribution in [2.75, 3.05) is 17.1 Å². The number of pyridine rings is 1. The number of rotatable bonds is 4. The van der Waals surface area contributed by atoms with Gasteiger partial charge in [-0.3, -0.25) is 4.72 Å². The van der Waals surface area contributed by atoms with Gasteiger partial charge in [-0.2, -0.15) is 0 Å². The van der Waals surface area contributed by atoms with Gasteiger partial charge in [-0.05, 0) is 30.3 Å². The molecule has 0 aliphatic heterocycles. The van der Waals surface area contributed by atoms with Gasteiger partial charge in [0.15, 0.2) is 0 Å². The molecule has 0 bridgehead atoms. The van der Waals surface area contributed by atoms with E-state index in [1.807, 2.05) is 0 Å². The summed E-state index contributed by atoms with van der Waals surface area (Å²) in [6.07, 6.45) is 1.45. The molecule has 2 aromatic rings. The fourth-order valence-electron chi connectivity index (χ4n) is 1.57. The summed E-state index contributed by atoms with van der Waals surface area (Å²) in [5.41, 5.74) is -0.219. The lowest BCUT2D eigenvalue weighted by Gasteiger charge is -2.11. The molecule has 20 heavy (non-hydrogen) atoms. The molecule has 106 valence electrons. The van der Waals surface area contributed by atoms with Crippen LogP contribution in [0.15, 0.2) is 41.4 Å². The van der Waals surface area contributed by atoms with Crippen LogP contribution in [-0.2, 0) is 10.0 Å². The summed E-state index contributed by atoms with van der Waals surface area (Å²) in [5, 5.41) is 2.89.